The summed E-state index contributed by atoms with van der Waals surface area (Å²) in [7, 11) is 0. The van der Waals surface area contributed by atoms with E-state index in [0.717, 1.165) is 36.4 Å². The molecule has 19 heavy (non-hydrogen) atoms. The Hall–Kier alpha value is -1.29. The van der Waals surface area contributed by atoms with Gasteiger partial charge in [0, 0.05) is 6.54 Å². The summed E-state index contributed by atoms with van der Waals surface area (Å²) in [6, 6.07) is 4.07. The summed E-state index contributed by atoms with van der Waals surface area (Å²) in [5, 5.41) is 2.04. The maximum atomic E-state index is 12.3. The summed E-state index contributed by atoms with van der Waals surface area (Å²) in [6.07, 6.45) is 5.07. The second kappa shape index (κ2) is 5.78. The molecule has 0 spiro atoms. The molecule has 104 valence electrons. The molecule has 0 saturated carbocycles. The van der Waals surface area contributed by atoms with E-state index < -0.39 is 5.60 Å². The lowest BCUT2D eigenvalue weighted by molar-refractivity contribution is 0.0354. The van der Waals surface area contributed by atoms with Crippen LogP contribution in [0.25, 0.3) is 5.70 Å². The molecule has 0 aliphatic carbocycles. The van der Waals surface area contributed by atoms with Crippen LogP contribution in [-0.2, 0) is 4.74 Å². The van der Waals surface area contributed by atoms with Crippen molar-refractivity contribution >= 4 is 23.1 Å². The lowest BCUT2D eigenvalue weighted by Gasteiger charge is -2.28. The van der Waals surface area contributed by atoms with Gasteiger partial charge in [-0.25, -0.2) is 4.79 Å². The van der Waals surface area contributed by atoms with Crippen molar-refractivity contribution in [1.29, 1.82) is 0 Å². The average molecular weight is 279 g/mol. The van der Waals surface area contributed by atoms with Crippen LogP contribution in [-0.4, -0.2) is 23.1 Å². The summed E-state index contributed by atoms with van der Waals surface area (Å²) >= 11 is 1.66. The zero-order valence-electron chi connectivity index (χ0n) is 11.8. The summed E-state index contributed by atoms with van der Waals surface area (Å²) in [5.41, 5.74) is 0.547. The number of amides is 1. The van der Waals surface area contributed by atoms with Crippen LogP contribution >= 0.6 is 11.3 Å². The molecular formula is C15H21NO2S. The Labute approximate surface area is 118 Å². The number of ether oxygens (including phenoxy) is 1. The summed E-state index contributed by atoms with van der Waals surface area (Å²) < 4.78 is 5.51. The first-order chi connectivity index (χ1) is 8.97. The van der Waals surface area contributed by atoms with E-state index in [2.05, 4.69) is 12.1 Å². The largest absolute Gasteiger partial charge is 0.443 e. The second-order valence-corrected chi connectivity index (χ2v) is 6.64. The van der Waals surface area contributed by atoms with E-state index >= 15 is 0 Å². The van der Waals surface area contributed by atoms with Crippen LogP contribution in [0.2, 0.25) is 0 Å². The molecule has 0 radical (unpaired) electrons. The topological polar surface area (TPSA) is 29.5 Å². The van der Waals surface area contributed by atoms with Gasteiger partial charge in [0.1, 0.15) is 5.60 Å². The van der Waals surface area contributed by atoms with Crippen molar-refractivity contribution in [2.24, 2.45) is 0 Å². The van der Waals surface area contributed by atoms with Crippen molar-refractivity contribution in [3.8, 4) is 0 Å². The van der Waals surface area contributed by atoms with Gasteiger partial charge in [-0.05, 0) is 51.5 Å². The van der Waals surface area contributed by atoms with Crippen molar-refractivity contribution in [3.63, 3.8) is 0 Å². The van der Waals surface area contributed by atoms with E-state index in [1.54, 1.807) is 16.2 Å². The van der Waals surface area contributed by atoms with E-state index in [4.69, 9.17) is 4.74 Å². The SMILES string of the molecule is CC(C)(C)OC(=O)N1CCCCC=C1c1cccs1. The molecule has 0 N–H and O–H groups in total. The van der Waals surface area contributed by atoms with Crippen LogP contribution < -0.4 is 0 Å². The minimum atomic E-state index is -0.454. The molecule has 0 aromatic carbocycles. The van der Waals surface area contributed by atoms with E-state index in [1.165, 1.54) is 0 Å². The van der Waals surface area contributed by atoms with E-state index in [-0.39, 0.29) is 6.09 Å². The fourth-order valence-electron chi connectivity index (χ4n) is 2.05. The smallest absolute Gasteiger partial charge is 0.414 e. The maximum Gasteiger partial charge on any atom is 0.414 e. The molecular weight excluding hydrogens is 258 g/mol. The van der Waals surface area contributed by atoms with Crippen molar-refractivity contribution < 1.29 is 9.53 Å². The lowest BCUT2D eigenvalue weighted by Crippen LogP contribution is -2.35. The molecule has 1 aliphatic heterocycles. The average Bonchev–Trinajstić information content (AvgIpc) is 2.71. The van der Waals surface area contributed by atoms with Gasteiger partial charge < -0.3 is 4.74 Å². The first kappa shape index (κ1) is 14.1. The molecule has 0 unspecified atom stereocenters. The molecule has 2 heterocycles. The third-order valence-corrected chi connectivity index (χ3v) is 3.74. The number of carbonyl (C=O) groups is 1. The Morgan fingerprint density at radius 3 is 2.79 bits per heavy atom. The number of allylic oxidation sites excluding steroid dienone is 1. The predicted octanol–water partition coefficient (Wildman–Crippen LogP) is 4.51. The summed E-state index contributed by atoms with van der Waals surface area (Å²) in [6.45, 7) is 6.43. The van der Waals surface area contributed by atoms with Crippen molar-refractivity contribution in [1.82, 2.24) is 4.90 Å². The fourth-order valence-corrected chi connectivity index (χ4v) is 2.82. The Balaban J connectivity index is 2.22. The highest BCUT2D eigenvalue weighted by Crippen LogP contribution is 2.29. The first-order valence-corrected chi connectivity index (χ1v) is 7.60. The minimum Gasteiger partial charge on any atom is -0.443 e. The molecule has 0 bridgehead atoms. The molecule has 1 amide bonds. The Morgan fingerprint density at radius 1 is 1.37 bits per heavy atom. The molecule has 1 aromatic heterocycles. The van der Waals surface area contributed by atoms with Crippen LogP contribution in [0.4, 0.5) is 4.79 Å². The molecule has 2 rings (SSSR count). The van der Waals surface area contributed by atoms with Crippen LogP contribution in [0, 0.1) is 0 Å². The molecule has 0 saturated heterocycles. The van der Waals surface area contributed by atoms with Gasteiger partial charge >= 0.3 is 6.09 Å². The Kier molecular flexibility index (Phi) is 4.30. The van der Waals surface area contributed by atoms with E-state index in [9.17, 15) is 4.79 Å². The van der Waals surface area contributed by atoms with Crippen molar-refractivity contribution in [2.45, 2.75) is 45.6 Å². The van der Waals surface area contributed by atoms with Crippen LogP contribution in [0.15, 0.2) is 23.6 Å². The highest BCUT2D eigenvalue weighted by Gasteiger charge is 2.26. The molecule has 1 aliphatic rings. The highest BCUT2D eigenvalue weighted by molar-refractivity contribution is 7.11. The summed E-state index contributed by atoms with van der Waals surface area (Å²) in [5.74, 6) is 0. The van der Waals surface area contributed by atoms with Gasteiger partial charge in [-0.2, -0.15) is 0 Å². The number of nitrogens with zero attached hydrogens (tertiary/aromatic N) is 1. The number of carbonyl (C=O) groups excluding carboxylic acids is 1. The monoisotopic (exact) mass is 279 g/mol. The fraction of sp³-hybridized carbons (Fsp3) is 0.533. The van der Waals surface area contributed by atoms with E-state index in [1.807, 2.05) is 32.2 Å². The van der Waals surface area contributed by atoms with Gasteiger partial charge in [0.25, 0.3) is 0 Å². The van der Waals surface area contributed by atoms with Gasteiger partial charge in [0.05, 0.1) is 10.6 Å². The van der Waals surface area contributed by atoms with Gasteiger partial charge in [-0.15, -0.1) is 11.3 Å². The van der Waals surface area contributed by atoms with E-state index in [0.29, 0.717) is 0 Å². The molecule has 0 fully saturated rings. The van der Waals surface area contributed by atoms with Gasteiger partial charge in [-0.3, -0.25) is 4.90 Å². The zero-order valence-corrected chi connectivity index (χ0v) is 12.6. The molecule has 3 nitrogen and oxygen atoms in total. The zero-order chi connectivity index (χ0) is 13.9. The number of thiophene rings is 1. The van der Waals surface area contributed by atoms with Crippen molar-refractivity contribution in [3.05, 3.63) is 28.5 Å². The Morgan fingerprint density at radius 2 is 2.16 bits per heavy atom. The Bertz CT molecular complexity index is 457. The molecule has 0 atom stereocenters. The van der Waals surface area contributed by atoms with Crippen LogP contribution in [0.5, 0.6) is 0 Å². The quantitative estimate of drug-likeness (QED) is 0.757. The van der Waals surface area contributed by atoms with Crippen molar-refractivity contribution in [2.75, 3.05) is 6.54 Å². The molecule has 4 heteroatoms. The number of hydrogen-bond acceptors (Lipinski definition) is 3. The first-order valence-electron chi connectivity index (χ1n) is 6.72. The highest BCUT2D eigenvalue weighted by atomic mass is 32.1. The van der Waals surface area contributed by atoms with Crippen LogP contribution in [0.1, 0.15) is 44.9 Å². The van der Waals surface area contributed by atoms with Gasteiger partial charge in [-0.1, -0.05) is 12.1 Å². The predicted molar refractivity (Wildman–Crippen MR) is 79.1 cm³/mol. The van der Waals surface area contributed by atoms with Gasteiger partial charge in [0.15, 0.2) is 0 Å². The van der Waals surface area contributed by atoms with Gasteiger partial charge in [0.2, 0.25) is 0 Å². The number of hydrogen-bond donors (Lipinski definition) is 0. The second-order valence-electron chi connectivity index (χ2n) is 5.69. The lowest BCUT2D eigenvalue weighted by atomic mass is 10.2. The molecule has 1 aromatic rings. The van der Waals surface area contributed by atoms with Crippen LogP contribution in [0.3, 0.4) is 0 Å². The minimum absolute atomic E-state index is 0.242. The third kappa shape index (κ3) is 3.83. The number of rotatable bonds is 1. The standard InChI is InChI=1S/C15H21NO2S/c1-15(2,3)18-14(17)16-10-6-4-5-8-12(16)13-9-7-11-19-13/h7-9,11H,4-6,10H2,1-3H3. The maximum absolute atomic E-state index is 12.3. The summed E-state index contributed by atoms with van der Waals surface area (Å²) in [4.78, 5) is 15.3. The third-order valence-electron chi connectivity index (χ3n) is 2.85. The normalized spacial score (nSPS) is 16.8.